The molecule has 0 unspecified atom stereocenters. The molecule has 1 aliphatic carbocycles. The molecule has 60 heavy (non-hydrogen) atoms. The van der Waals surface area contributed by atoms with E-state index in [9.17, 15) is 0 Å². The van der Waals surface area contributed by atoms with Crippen LogP contribution in [0.1, 0.15) is 129 Å². The van der Waals surface area contributed by atoms with Gasteiger partial charge in [0.1, 0.15) is 50.8 Å². The lowest BCUT2D eigenvalue weighted by molar-refractivity contribution is -0.684. The average Bonchev–Trinajstić information content (AvgIpc) is 4.03. The number of fused-ring (bicyclic) bond motifs is 11. The first-order valence-electron chi connectivity index (χ1n) is 21.8. The fraction of sp³-hybridized carbons (Fsp3) is 0.415. The largest absolute Gasteiger partial charge is 0.456 e. The van der Waals surface area contributed by atoms with Gasteiger partial charge in [0.25, 0.3) is 11.6 Å². The molecule has 0 N–H and O–H groups in total. The second-order valence-corrected chi connectivity index (χ2v) is 20.0. The van der Waals surface area contributed by atoms with Crippen molar-refractivity contribution in [3.63, 3.8) is 0 Å². The highest BCUT2D eigenvalue weighted by Crippen LogP contribution is 2.54. The summed E-state index contributed by atoms with van der Waals surface area (Å²) in [5.41, 5.74) is 20.9. The topological polar surface area (TPSA) is 39.6 Å². The maximum atomic E-state index is 5.65. The van der Waals surface area contributed by atoms with Crippen LogP contribution in [0.5, 0.6) is 0 Å². The van der Waals surface area contributed by atoms with Crippen molar-refractivity contribution in [1.82, 2.24) is 13.7 Å². The molecule has 0 fully saturated rings. The number of nitrogens with zero attached hydrogens (tertiary/aromatic N) is 6. The van der Waals surface area contributed by atoms with Crippen LogP contribution in [0, 0.1) is 41.5 Å². The molecule has 0 bridgehead atoms. The normalized spacial score (nSPS) is 16.9. The Hall–Kier alpha value is -5.43. The third-order valence-electron chi connectivity index (χ3n) is 15.6. The van der Waals surface area contributed by atoms with Crippen molar-refractivity contribution in [2.24, 2.45) is 21.1 Å². The molecule has 4 aliphatic rings. The SMILES string of the molecule is Cc1c(C)[n+](C)c2n1C(C)(C)c1cc3c(cc1-2)C(C)(C)c1ccccc1-3.Cc1c(C)[n+](C)c2n1C(C)(C)c1ccccc1C2.Cc1c(C)[n+](C)c2n1C(C)(C)c1ccoc1-2. The van der Waals surface area contributed by atoms with Gasteiger partial charge in [0.2, 0.25) is 5.76 Å². The van der Waals surface area contributed by atoms with Crippen LogP contribution < -0.4 is 13.7 Å². The van der Waals surface area contributed by atoms with Crippen molar-refractivity contribution >= 4 is 0 Å². The van der Waals surface area contributed by atoms with E-state index >= 15 is 0 Å². The molecule has 11 rings (SSSR count). The van der Waals surface area contributed by atoms with E-state index in [4.69, 9.17) is 4.42 Å². The van der Waals surface area contributed by atoms with Gasteiger partial charge in [-0.25, -0.2) is 27.4 Å². The summed E-state index contributed by atoms with van der Waals surface area (Å²) in [4.78, 5) is 0. The Morgan fingerprint density at radius 1 is 0.483 bits per heavy atom. The van der Waals surface area contributed by atoms with Crippen LogP contribution in [0.15, 0.2) is 77.4 Å². The van der Waals surface area contributed by atoms with Crippen LogP contribution in [-0.2, 0) is 49.6 Å². The van der Waals surface area contributed by atoms with Crippen molar-refractivity contribution in [1.29, 1.82) is 0 Å². The Morgan fingerprint density at radius 3 is 1.65 bits per heavy atom. The maximum Gasteiger partial charge on any atom is 0.326 e. The molecular weight excluding hydrogens is 737 g/mol. The predicted octanol–water partition coefficient (Wildman–Crippen LogP) is 9.90. The highest BCUT2D eigenvalue weighted by molar-refractivity contribution is 5.85. The molecule has 0 saturated heterocycles. The van der Waals surface area contributed by atoms with Crippen molar-refractivity contribution in [2.75, 3.05) is 0 Å². The number of hydrogen-bond acceptors (Lipinski definition) is 1. The van der Waals surface area contributed by atoms with Crippen molar-refractivity contribution < 1.29 is 18.1 Å². The average molecular weight is 802 g/mol. The Bertz CT molecular complexity index is 2950. The lowest BCUT2D eigenvalue weighted by Gasteiger charge is -2.30. The maximum absolute atomic E-state index is 5.65. The van der Waals surface area contributed by atoms with E-state index in [-0.39, 0.29) is 22.0 Å². The zero-order chi connectivity index (χ0) is 43.3. The predicted molar refractivity (Wildman–Crippen MR) is 240 cm³/mol. The van der Waals surface area contributed by atoms with Gasteiger partial charge in [-0.05, 0) is 87.6 Å². The van der Waals surface area contributed by atoms with Gasteiger partial charge in [-0.3, -0.25) is 0 Å². The summed E-state index contributed by atoms with van der Waals surface area (Å²) in [6.45, 7) is 31.8. The smallest absolute Gasteiger partial charge is 0.326 e. The molecule has 0 saturated carbocycles. The van der Waals surface area contributed by atoms with E-state index < -0.39 is 0 Å². The van der Waals surface area contributed by atoms with Gasteiger partial charge in [-0.15, -0.1) is 0 Å². The van der Waals surface area contributed by atoms with Gasteiger partial charge in [-0.1, -0.05) is 62.4 Å². The summed E-state index contributed by atoms with van der Waals surface area (Å²) < 4.78 is 20.0. The summed E-state index contributed by atoms with van der Waals surface area (Å²) in [5, 5.41) is 0. The minimum absolute atomic E-state index is 0.00618. The van der Waals surface area contributed by atoms with E-state index in [0.717, 1.165) is 12.2 Å². The van der Waals surface area contributed by atoms with Crippen molar-refractivity contribution in [3.05, 3.63) is 146 Å². The van der Waals surface area contributed by atoms with E-state index in [2.05, 4.69) is 212 Å². The van der Waals surface area contributed by atoms with Crippen LogP contribution in [0.2, 0.25) is 0 Å². The minimum Gasteiger partial charge on any atom is -0.456 e. The highest BCUT2D eigenvalue weighted by atomic mass is 16.3. The van der Waals surface area contributed by atoms with E-state index in [1.54, 1.807) is 6.26 Å². The highest BCUT2D eigenvalue weighted by Gasteiger charge is 2.50. The molecule has 0 radical (unpaired) electrons. The van der Waals surface area contributed by atoms with Crippen molar-refractivity contribution in [3.8, 4) is 34.1 Å². The van der Waals surface area contributed by atoms with E-state index in [1.807, 2.05) is 0 Å². The summed E-state index contributed by atoms with van der Waals surface area (Å²) in [7, 11) is 6.48. The third-order valence-corrected chi connectivity index (χ3v) is 15.6. The Balaban J connectivity index is 0.000000120. The monoisotopic (exact) mass is 802 g/mol. The zero-order valence-electron chi connectivity index (χ0n) is 39.2. The molecule has 4 aromatic heterocycles. The third kappa shape index (κ3) is 5.04. The number of furan rings is 1. The van der Waals surface area contributed by atoms with Crippen LogP contribution >= 0.6 is 0 Å². The molecule has 3 aromatic carbocycles. The van der Waals surface area contributed by atoms with Crippen molar-refractivity contribution in [2.45, 2.75) is 125 Å². The van der Waals surface area contributed by atoms with Crippen LogP contribution in [-0.4, -0.2) is 13.7 Å². The van der Waals surface area contributed by atoms with Crippen LogP contribution in [0.25, 0.3) is 34.1 Å². The Labute approximate surface area is 357 Å². The number of hydrogen-bond donors (Lipinski definition) is 0. The lowest BCUT2D eigenvalue weighted by atomic mass is 9.80. The van der Waals surface area contributed by atoms with Gasteiger partial charge in [0.05, 0.1) is 45.0 Å². The molecule has 310 valence electrons. The quantitative estimate of drug-likeness (QED) is 0.141. The first-order valence-corrected chi connectivity index (χ1v) is 21.8. The molecule has 0 spiro atoms. The standard InChI is InChI=1S/C24H27N2.C16H21N2.C13H17N2O/c1-14-15(2)26-22(25(14)7)18-13-20-17(12-21(18)24(26,5)6)16-10-8-9-11-19(16)23(20,3)4;1-11-12(2)18-15(17(11)5)10-13-8-6-7-9-14(13)16(18,3)4;1-8-9(2)15-12(14(8)5)11-10(6-7-16-11)13(15,3)4/h8-13H,1-7H3;6-9H,10H2,1-5H3;6-7H,1-5H3/q3*+1. The number of aromatic nitrogens is 6. The molecule has 7 aromatic rings. The molecule has 0 amide bonds. The summed E-state index contributed by atoms with van der Waals surface area (Å²) >= 11 is 0. The lowest BCUT2D eigenvalue weighted by Crippen LogP contribution is -2.42. The molecule has 0 atom stereocenters. The van der Waals surface area contributed by atoms with Crippen LogP contribution in [0.3, 0.4) is 0 Å². The van der Waals surface area contributed by atoms with Gasteiger partial charge in [-0.2, -0.15) is 0 Å². The molecule has 3 aliphatic heterocycles. The minimum atomic E-state index is -0.0303. The summed E-state index contributed by atoms with van der Waals surface area (Å²) in [6.07, 6.45) is 2.82. The summed E-state index contributed by atoms with van der Waals surface area (Å²) in [5.74, 6) is 4.95. The molecule has 7 heteroatoms. The van der Waals surface area contributed by atoms with Gasteiger partial charge in [0.15, 0.2) is 0 Å². The second-order valence-electron chi connectivity index (χ2n) is 20.0. The fourth-order valence-corrected chi connectivity index (χ4v) is 11.8. The molecule has 7 heterocycles. The zero-order valence-corrected chi connectivity index (χ0v) is 39.2. The molecular formula is C53H65N6O+3. The Kier molecular flexibility index (Phi) is 8.53. The first-order chi connectivity index (χ1) is 28.1. The number of imidazole rings is 3. The molecule has 7 nitrogen and oxygen atoms in total. The summed E-state index contributed by atoms with van der Waals surface area (Å²) in [6, 6.07) is 24.8. The first kappa shape index (κ1) is 40.0. The van der Waals surface area contributed by atoms with Gasteiger partial charge in [0, 0.05) is 58.1 Å². The van der Waals surface area contributed by atoms with E-state index in [1.165, 1.54) is 102 Å². The number of benzene rings is 3. The van der Waals surface area contributed by atoms with Gasteiger partial charge < -0.3 is 4.42 Å². The van der Waals surface area contributed by atoms with Crippen LogP contribution in [0.4, 0.5) is 0 Å². The second kappa shape index (κ2) is 12.8. The van der Waals surface area contributed by atoms with Gasteiger partial charge >= 0.3 is 5.82 Å². The number of rotatable bonds is 0. The Morgan fingerprint density at radius 2 is 0.983 bits per heavy atom. The fourth-order valence-electron chi connectivity index (χ4n) is 11.8. The van der Waals surface area contributed by atoms with E-state index in [0.29, 0.717) is 0 Å².